The summed E-state index contributed by atoms with van der Waals surface area (Å²) in [6.45, 7) is 3.89. The number of esters is 1. The van der Waals surface area contributed by atoms with E-state index in [0.717, 1.165) is 43.5 Å². The van der Waals surface area contributed by atoms with Crippen molar-refractivity contribution in [1.29, 1.82) is 0 Å². The number of nitrogens with zero attached hydrogens (tertiary/aromatic N) is 1. The van der Waals surface area contributed by atoms with Crippen molar-refractivity contribution in [2.24, 2.45) is 0 Å². The van der Waals surface area contributed by atoms with Gasteiger partial charge in [0, 0.05) is 34.0 Å². The van der Waals surface area contributed by atoms with Crippen LogP contribution < -0.4 is 0 Å². The Bertz CT molecular complexity index is 1230. The van der Waals surface area contributed by atoms with Crippen LogP contribution in [0.4, 0.5) is 0 Å². The van der Waals surface area contributed by atoms with Crippen molar-refractivity contribution in [2.45, 2.75) is 33.0 Å². The summed E-state index contributed by atoms with van der Waals surface area (Å²) < 4.78 is 10.9. The first kappa shape index (κ1) is 20.4. The number of rotatable bonds is 6. The lowest BCUT2D eigenvalue weighted by Crippen LogP contribution is -2.15. The minimum Gasteiger partial charge on any atom is -0.458 e. The summed E-state index contributed by atoms with van der Waals surface area (Å²) in [5.41, 5.74) is 4.99. The van der Waals surface area contributed by atoms with Crippen LogP contribution in [0.5, 0.6) is 0 Å². The third-order valence-corrected chi connectivity index (χ3v) is 5.38. The van der Waals surface area contributed by atoms with E-state index in [-0.39, 0.29) is 18.4 Å². The van der Waals surface area contributed by atoms with E-state index in [4.69, 9.17) is 21.1 Å². The SMILES string of the molecule is COCc1c(C(=O)OC(C)C)ncc2[nH]c3cccc(Cc4ccccc4Cl)c3c12. The normalized spacial score (nSPS) is 11.5. The fourth-order valence-electron chi connectivity index (χ4n) is 3.80. The number of fused-ring (bicyclic) bond motifs is 3. The number of nitrogens with one attached hydrogen (secondary N) is 1. The molecule has 0 aliphatic rings. The quantitative estimate of drug-likeness (QED) is 0.406. The summed E-state index contributed by atoms with van der Waals surface area (Å²) in [5.74, 6) is -0.447. The van der Waals surface area contributed by atoms with Crippen molar-refractivity contribution in [3.05, 3.63) is 76.1 Å². The zero-order valence-corrected chi connectivity index (χ0v) is 17.9. The lowest BCUT2D eigenvalue weighted by molar-refractivity contribution is 0.0366. The molecule has 4 rings (SSSR count). The minimum atomic E-state index is -0.447. The third-order valence-electron chi connectivity index (χ3n) is 5.01. The highest BCUT2D eigenvalue weighted by Crippen LogP contribution is 2.34. The molecule has 0 aliphatic heterocycles. The molecule has 30 heavy (non-hydrogen) atoms. The molecule has 2 aromatic heterocycles. The maximum absolute atomic E-state index is 12.7. The van der Waals surface area contributed by atoms with Gasteiger partial charge in [0.25, 0.3) is 0 Å². The third kappa shape index (κ3) is 3.78. The molecule has 1 N–H and O–H groups in total. The average Bonchev–Trinajstić information content (AvgIpc) is 3.09. The molecule has 2 heterocycles. The highest BCUT2D eigenvalue weighted by molar-refractivity contribution is 6.31. The van der Waals surface area contributed by atoms with Crippen LogP contribution in [0.3, 0.4) is 0 Å². The van der Waals surface area contributed by atoms with Gasteiger partial charge in [-0.2, -0.15) is 0 Å². The number of aromatic nitrogens is 2. The van der Waals surface area contributed by atoms with Crippen molar-refractivity contribution in [2.75, 3.05) is 7.11 Å². The molecule has 2 aromatic carbocycles. The molecule has 5 nitrogen and oxygen atoms in total. The second-order valence-electron chi connectivity index (χ2n) is 7.49. The summed E-state index contributed by atoms with van der Waals surface area (Å²) in [6, 6.07) is 14.0. The van der Waals surface area contributed by atoms with Gasteiger partial charge in [0.05, 0.1) is 24.4 Å². The van der Waals surface area contributed by atoms with Crippen molar-refractivity contribution in [1.82, 2.24) is 9.97 Å². The summed E-state index contributed by atoms with van der Waals surface area (Å²) in [6.07, 6.45) is 2.12. The van der Waals surface area contributed by atoms with Crippen molar-refractivity contribution in [3.8, 4) is 0 Å². The second kappa shape index (κ2) is 8.46. The lowest BCUT2D eigenvalue weighted by atomic mass is 9.97. The van der Waals surface area contributed by atoms with E-state index in [0.29, 0.717) is 6.42 Å². The Kier molecular flexibility index (Phi) is 5.75. The van der Waals surface area contributed by atoms with Crippen LogP contribution in [0, 0.1) is 0 Å². The molecule has 0 spiro atoms. The number of carbonyl (C=O) groups is 1. The van der Waals surface area contributed by atoms with Gasteiger partial charge in [-0.15, -0.1) is 0 Å². The summed E-state index contributed by atoms with van der Waals surface area (Å²) >= 11 is 6.41. The highest BCUT2D eigenvalue weighted by atomic mass is 35.5. The van der Waals surface area contributed by atoms with E-state index in [1.807, 2.05) is 50.2 Å². The Hall–Kier alpha value is -2.89. The van der Waals surface area contributed by atoms with Gasteiger partial charge in [-0.05, 0) is 43.5 Å². The zero-order chi connectivity index (χ0) is 21.3. The molecule has 0 atom stereocenters. The van der Waals surface area contributed by atoms with Crippen LogP contribution in [0.1, 0.15) is 41.0 Å². The van der Waals surface area contributed by atoms with Crippen molar-refractivity contribution >= 4 is 39.4 Å². The number of H-pyrrole nitrogens is 1. The Balaban J connectivity index is 1.96. The minimum absolute atomic E-state index is 0.232. The van der Waals surface area contributed by atoms with Crippen molar-refractivity contribution < 1.29 is 14.3 Å². The van der Waals surface area contributed by atoms with E-state index in [9.17, 15) is 4.79 Å². The molecule has 0 amide bonds. The van der Waals surface area contributed by atoms with Crippen LogP contribution in [0.15, 0.2) is 48.7 Å². The first-order chi connectivity index (χ1) is 14.5. The number of hydrogen-bond acceptors (Lipinski definition) is 4. The molecular weight excluding hydrogens is 400 g/mol. The van der Waals surface area contributed by atoms with Gasteiger partial charge < -0.3 is 14.5 Å². The number of methoxy groups -OCH3 is 1. The molecule has 154 valence electrons. The van der Waals surface area contributed by atoms with Gasteiger partial charge in [-0.25, -0.2) is 9.78 Å². The fourth-order valence-corrected chi connectivity index (χ4v) is 4.00. The van der Waals surface area contributed by atoms with Crippen LogP contribution in [-0.2, 0) is 22.5 Å². The van der Waals surface area contributed by atoms with Crippen molar-refractivity contribution in [3.63, 3.8) is 0 Å². The molecule has 0 aliphatic carbocycles. The van der Waals surface area contributed by atoms with E-state index in [2.05, 4.69) is 16.0 Å². The van der Waals surface area contributed by atoms with Gasteiger partial charge in [0.2, 0.25) is 0 Å². The van der Waals surface area contributed by atoms with Crippen LogP contribution in [-0.4, -0.2) is 29.2 Å². The lowest BCUT2D eigenvalue weighted by Gasteiger charge is -2.13. The Labute approximate surface area is 180 Å². The van der Waals surface area contributed by atoms with Crippen LogP contribution in [0.2, 0.25) is 5.02 Å². The number of carbonyl (C=O) groups excluding carboxylic acids is 1. The number of halogens is 1. The van der Waals surface area contributed by atoms with E-state index >= 15 is 0 Å². The second-order valence-corrected chi connectivity index (χ2v) is 7.90. The molecule has 0 bridgehead atoms. The number of hydrogen-bond donors (Lipinski definition) is 1. The Morgan fingerprint density at radius 1 is 1.07 bits per heavy atom. The van der Waals surface area contributed by atoms with Crippen LogP contribution in [0.25, 0.3) is 21.8 Å². The molecular formula is C24H23ClN2O3. The number of aromatic amines is 1. The summed E-state index contributed by atoms with van der Waals surface area (Å²) in [5, 5.41) is 2.70. The molecule has 0 fully saturated rings. The summed E-state index contributed by atoms with van der Waals surface area (Å²) in [4.78, 5) is 20.5. The van der Waals surface area contributed by atoms with Gasteiger partial charge in [0.1, 0.15) is 0 Å². The fraction of sp³-hybridized carbons (Fsp3) is 0.250. The van der Waals surface area contributed by atoms with E-state index in [1.54, 1.807) is 13.3 Å². The molecule has 6 heteroatoms. The van der Waals surface area contributed by atoms with Gasteiger partial charge in [0.15, 0.2) is 5.69 Å². The standard InChI is InChI=1S/C24H23ClN2O3/c1-14(2)30-24(28)23-17(13-29-3)22-20(12-26-23)27-19-10-6-8-16(21(19)22)11-15-7-4-5-9-18(15)25/h4-10,12,14,27H,11,13H2,1-3H3. The van der Waals surface area contributed by atoms with Gasteiger partial charge in [-0.3, -0.25) is 0 Å². The highest BCUT2D eigenvalue weighted by Gasteiger charge is 2.22. The number of ether oxygens (including phenoxy) is 2. The number of pyridine rings is 1. The predicted molar refractivity (Wildman–Crippen MR) is 119 cm³/mol. The predicted octanol–water partition coefficient (Wildman–Crippen LogP) is 5.67. The largest absolute Gasteiger partial charge is 0.458 e. The average molecular weight is 423 g/mol. The molecule has 0 saturated carbocycles. The first-order valence-corrected chi connectivity index (χ1v) is 10.2. The summed E-state index contributed by atoms with van der Waals surface area (Å²) in [7, 11) is 1.61. The zero-order valence-electron chi connectivity index (χ0n) is 17.2. The monoisotopic (exact) mass is 422 g/mol. The maximum atomic E-state index is 12.7. The Morgan fingerprint density at radius 2 is 1.83 bits per heavy atom. The molecule has 0 radical (unpaired) electrons. The van der Waals surface area contributed by atoms with Gasteiger partial charge in [-0.1, -0.05) is 41.9 Å². The van der Waals surface area contributed by atoms with E-state index in [1.165, 1.54) is 0 Å². The number of benzene rings is 2. The topological polar surface area (TPSA) is 64.2 Å². The molecule has 0 unspecified atom stereocenters. The van der Waals surface area contributed by atoms with Gasteiger partial charge >= 0.3 is 5.97 Å². The smallest absolute Gasteiger partial charge is 0.357 e. The Morgan fingerprint density at radius 3 is 2.57 bits per heavy atom. The molecule has 0 saturated heterocycles. The van der Waals surface area contributed by atoms with E-state index < -0.39 is 5.97 Å². The van der Waals surface area contributed by atoms with Crippen LogP contribution >= 0.6 is 11.6 Å². The first-order valence-electron chi connectivity index (χ1n) is 9.84. The maximum Gasteiger partial charge on any atom is 0.357 e. The molecule has 4 aromatic rings.